The SMILES string of the molecule is OC1C(O)C(n2ccc3c(CCl)ncnc32)OC1[C@H](O)c1ccc2c(c1)CC2. The molecule has 4 unspecified atom stereocenters. The monoisotopic (exact) mass is 401 g/mol. The van der Waals surface area contributed by atoms with E-state index in [4.69, 9.17) is 16.3 Å². The number of hydrogen-bond donors (Lipinski definition) is 3. The normalized spacial score (nSPS) is 27.6. The van der Waals surface area contributed by atoms with E-state index in [9.17, 15) is 15.3 Å². The van der Waals surface area contributed by atoms with Gasteiger partial charge in [0.2, 0.25) is 0 Å². The number of hydrogen-bond acceptors (Lipinski definition) is 6. The van der Waals surface area contributed by atoms with Crippen LogP contribution in [0, 0.1) is 0 Å². The van der Waals surface area contributed by atoms with E-state index in [1.807, 2.05) is 18.2 Å². The molecule has 5 atom stereocenters. The molecule has 0 spiro atoms. The number of rotatable bonds is 4. The molecule has 28 heavy (non-hydrogen) atoms. The highest BCUT2D eigenvalue weighted by atomic mass is 35.5. The van der Waals surface area contributed by atoms with Crippen molar-refractivity contribution in [1.29, 1.82) is 0 Å². The van der Waals surface area contributed by atoms with E-state index >= 15 is 0 Å². The molecule has 3 aromatic rings. The average Bonchev–Trinajstić information content (AvgIpc) is 3.24. The fourth-order valence-corrected chi connectivity index (χ4v) is 4.31. The zero-order chi connectivity index (χ0) is 19.4. The van der Waals surface area contributed by atoms with Gasteiger partial charge in [-0.3, -0.25) is 0 Å². The summed E-state index contributed by atoms with van der Waals surface area (Å²) in [6.07, 6.45) is -0.154. The Hall–Kier alpha value is -2.03. The number of fused-ring (bicyclic) bond motifs is 2. The molecule has 0 saturated carbocycles. The smallest absolute Gasteiger partial charge is 0.164 e. The molecule has 2 aromatic heterocycles. The Morgan fingerprint density at radius 1 is 1.14 bits per heavy atom. The fourth-order valence-electron chi connectivity index (χ4n) is 4.10. The Kier molecular flexibility index (Phi) is 4.37. The molecule has 1 fully saturated rings. The Bertz CT molecular complexity index is 1040. The number of ether oxygens (including phenoxy) is 1. The zero-order valence-electron chi connectivity index (χ0n) is 14.9. The third-order valence-electron chi connectivity index (χ3n) is 5.81. The molecule has 0 amide bonds. The van der Waals surface area contributed by atoms with Crippen LogP contribution in [-0.4, -0.2) is 48.2 Å². The number of halogens is 1. The second kappa shape index (κ2) is 6.79. The summed E-state index contributed by atoms with van der Waals surface area (Å²) < 4.78 is 7.58. The van der Waals surface area contributed by atoms with E-state index in [0.717, 1.165) is 18.2 Å². The second-order valence-electron chi connectivity index (χ2n) is 7.36. The lowest BCUT2D eigenvalue weighted by Gasteiger charge is -2.25. The Labute approximate surface area is 166 Å². The number of aryl methyl sites for hydroxylation is 2. The lowest BCUT2D eigenvalue weighted by atomic mass is 9.85. The number of aliphatic hydroxyl groups is 3. The van der Waals surface area contributed by atoms with Crippen molar-refractivity contribution in [2.45, 2.75) is 49.4 Å². The molecule has 5 rings (SSSR count). The maximum absolute atomic E-state index is 10.8. The van der Waals surface area contributed by atoms with Gasteiger partial charge < -0.3 is 24.6 Å². The van der Waals surface area contributed by atoms with Crippen molar-refractivity contribution in [1.82, 2.24) is 14.5 Å². The highest BCUT2D eigenvalue weighted by Gasteiger charge is 2.47. The van der Waals surface area contributed by atoms with Crippen molar-refractivity contribution in [3.05, 3.63) is 59.2 Å². The molecule has 2 aliphatic rings. The standard InChI is InChI=1S/C20H20ClN3O4/c21-8-14-13-5-6-24(19(13)23-9-22-14)20-17(27)16(26)18(28-20)15(25)12-4-2-10-1-3-11(10)7-12/h2,4-7,9,15-18,20,25-27H,1,3,8H2/t15-,16?,17?,18?,20?/m1/s1. The zero-order valence-corrected chi connectivity index (χ0v) is 15.7. The Morgan fingerprint density at radius 2 is 1.96 bits per heavy atom. The minimum atomic E-state index is -1.24. The Balaban J connectivity index is 1.46. The fraction of sp³-hybridized carbons (Fsp3) is 0.400. The van der Waals surface area contributed by atoms with E-state index in [0.29, 0.717) is 16.9 Å². The first-order valence-corrected chi connectivity index (χ1v) is 9.79. The summed E-state index contributed by atoms with van der Waals surface area (Å²) in [6, 6.07) is 7.60. The summed E-state index contributed by atoms with van der Waals surface area (Å²) in [6.45, 7) is 0. The van der Waals surface area contributed by atoms with Gasteiger partial charge in [-0.1, -0.05) is 18.2 Å². The van der Waals surface area contributed by atoms with E-state index in [1.54, 1.807) is 16.8 Å². The number of nitrogens with zero attached hydrogens (tertiary/aromatic N) is 3. The first-order chi connectivity index (χ1) is 13.6. The van der Waals surface area contributed by atoms with Crippen molar-refractivity contribution in [2.75, 3.05) is 0 Å². The van der Waals surface area contributed by atoms with Gasteiger partial charge in [0.15, 0.2) is 6.23 Å². The third kappa shape index (κ3) is 2.66. The van der Waals surface area contributed by atoms with Crippen LogP contribution in [0.1, 0.15) is 34.7 Å². The van der Waals surface area contributed by atoms with Crippen LogP contribution < -0.4 is 0 Å². The first-order valence-electron chi connectivity index (χ1n) is 9.26. The second-order valence-corrected chi connectivity index (χ2v) is 7.63. The quantitative estimate of drug-likeness (QED) is 0.574. The molecule has 1 aromatic carbocycles. The highest BCUT2D eigenvalue weighted by Crippen LogP contribution is 2.38. The molecular formula is C20H20ClN3O4. The van der Waals surface area contributed by atoms with Crippen LogP contribution in [0.15, 0.2) is 36.8 Å². The predicted molar refractivity (Wildman–Crippen MR) is 102 cm³/mol. The average molecular weight is 402 g/mol. The minimum absolute atomic E-state index is 0.236. The van der Waals surface area contributed by atoms with Crippen LogP contribution in [0.4, 0.5) is 0 Å². The minimum Gasteiger partial charge on any atom is -0.387 e. The molecule has 3 N–H and O–H groups in total. The lowest BCUT2D eigenvalue weighted by molar-refractivity contribution is -0.0848. The van der Waals surface area contributed by atoms with Gasteiger partial charge in [-0.05, 0) is 35.6 Å². The van der Waals surface area contributed by atoms with Gasteiger partial charge in [0.1, 0.15) is 36.4 Å². The summed E-state index contributed by atoms with van der Waals surface area (Å²) in [5.74, 6) is 0.236. The molecule has 7 nitrogen and oxygen atoms in total. The molecule has 0 radical (unpaired) electrons. The summed E-state index contributed by atoms with van der Waals surface area (Å²) >= 11 is 5.93. The van der Waals surface area contributed by atoms with Gasteiger partial charge in [-0.2, -0.15) is 0 Å². The lowest BCUT2D eigenvalue weighted by Crippen LogP contribution is -2.35. The molecule has 1 saturated heterocycles. The highest BCUT2D eigenvalue weighted by molar-refractivity contribution is 6.17. The van der Waals surface area contributed by atoms with E-state index in [-0.39, 0.29) is 5.88 Å². The topological polar surface area (TPSA) is 101 Å². The molecule has 3 heterocycles. The van der Waals surface area contributed by atoms with Crippen LogP contribution in [0.2, 0.25) is 0 Å². The molecule has 0 bridgehead atoms. The third-order valence-corrected chi connectivity index (χ3v) is 6.07. The van der Waals surface area contributed by atoms with Crippen LogP contribution >= 0.6 is 11.6 Å². The first kappa shape index (κ1) is 18.0. The summed E-state index contributed by atoms with van der Waals surface area (Å²) in [7, 11) is 0. The van der Waals surface area contributed by atoms with Gasteiger partial charge in [-0.25, -0.2) is 9.97 Å². The van der Waals surface area contributed by atoms with E-state index < -0.39 is 30.6 Å². The van der Waals surface area contributed by atoms with E-state index in [2.05, 4.69) is 9.97 Å². The molecular weight excluding hydrogens is 382 g/mol. The van der Waals surface area contributed by atoms with Crippen molar-refractivity contribution in [3.63, 3.8) is 0 Å². The Morgan fingerprint density at radius 3 is 2.68 bits per heavy atom. The number of aromatic nitrogens is 3. The maximum Gasteiger partial charge on any atom is 0.164 e. The van der Waals surface area contributed by atoms with Crippen LogP contribution in [0.5, 0.6) is 0 Å². The molecule has 146 valence electrons. The van der Waals surface area contributed by atoms with Gasteiger partial charge in [0.25, 0.3) is 0 Å². The van der Waals surface area contributed by atoms with Crippen LogP contribution in [-0.2, 0) is 23.5 Å². The van der Waals surface area contributed by atoms with Gasteiger partial charge in [0.05, 0.1) is 11.6 Å². The molecule has 8 heteroatoms. The number of alkyl halides is 1. The number of aliphatic hydroxyl groups excluding tert-OH is 3. The van der Waals surface area contributed by atoms with Crippen molar-refractivity contribution in [2.24, 2.45) is 0 Å². The summed E-state index contributed by atoms with van der Waals surface area (Å²) in [5.41, 5.74) is 4.41. The van der Waals surface area contributed by atoms with E-state index in [1.165, 1.54) is 17.5 Å². The summed E-state index contributed by atoms with van der Waals surface area (Å²) in [5, 5.41) is 32.8. The molecule has 1 aliphatic heterocycles. The number of benzene rings is 1. The van der Waals surface area contributed by atoms with Crippen LogP contribution in [0.3, 0.4) is 0 Å². The van der Waals surface area contributed by atoms with Crippen molar-refractivity contribution in [3.8, 4) is 0 Å². The maximum atomic E-state index is 10.8. The predicted octanol–water partition coefficient (Wildman–Crippen LogP) is 1.62. The van der Waals surface area contributed by atoms with Crippen molar-refractivity contribution >= 4 is 22.6 Å². The van der Waals surface area contributed by atoms with Crippen LogP contribution in [0.25, 0.3) is 11.0 Å². The molecule has 1 aliphatic carbocycles. The van der Waals surface area contributed by atoms with Crippen molar-refractivity contribution < 1.29 is 20.1 Å². The van der Waals surface area contributed by atoms with Gasteiger partial charge >= 0.3 is 0 Å². The largest absolute Gasteiger partial charge is 0.387 e. The summed E-state index contributed by atoms with van der Waals surface area (Å²) in [4.78, 5) is 8.42. The van der Waals surface area contributed by atoms with Gasteiger partial charge in [0, 0.05) is 11.6 Å². The van der Waals surface area contributed by atoms with Gasteiger partial charge in [-0.15, -0.1) is 11.6 Å².